The summed E-state index contributed by atoms with van der Waals surface area (Å²) >= 11 is 0. The molecule has 4 nitrogen and oxygen atoms in total. The van der Waals surface area contributed by atoms with E-state index in [9.17, 15) is 4.79 Å². The molecule has 1 aromatic heterocycles. The van der Waals surface area contributed by atoms with Gasteiger partial charge in [0.05, 0.1) is 7.11 Å². The molecule has 0 aliphatic rings. The van der Waals surface area contributed by atoms with Crippen LogP contribution in [0.1, 0.15) is 17.7 Å². The van der Waals surface area contributed by atoms with Gasteiger partial charge in [0, 0.05) is 23.0 Å². The first-order chi connectivity index (χ1) is 8.13. The lowest BCUT2D eigenvalue weighted by Gasteiger charge is -2.04. The summed E-state index contributed by atoms with van der Waals surface area (Å²) in [5, 5.41) is 9.75. The highest BCUT2D eigenvalue weighted by atomic mass is 16.5. The number of aryl methyl sites for hydroxylation is 2. The van der Waals surface area contributed by atoms with Gasteiger partial charge in [-0.25, -0.2) is 0 Å². The van der Waals surface area contributed by atoms with E-state index < -0.39 is 5.97 Å². The number of carboxylic acid groups (broad SMARTS) is 1. The van der Waals surface area contributed by atoms with Crippen LogP contribution in [0.25, 0.3) is 10.9 Å². The van der Waals surface area contributed by atoms with Crippen LogP contribution >= 0.6 is 0 Å². The number of fused-ring (bicyclic) bond motifs is 1. The van der Waals surface area contributed by atoms with Crippen molar-refractivity contribution < 1.29 is 14.6 Å². The Bertz CT molecular complexity index is 557. The highest BCUT2D eigenvalue weighted by molar-refractivity contribution is 5.90. The van der Waals surface area contributed by atoms with Crippen LogP contribution in [0, 0.1) is 6.92 Å². The van der Waals surface area contributed by atoms with Crippen molar-refractivity contribution in [3.05, 3.63) is 29.5 Å². The Kier molecular flexibility index (Phi) is 3.04. The maximum absolute atomic E-state index is 10.7. The minimum atomic E-state index is -0.784. The highest BCUT2D eigenvalue weighted by Gasteiger charge is 2.13. The summed E-state index contributed by atoms with van der Waals surface area (Å²) in [5.74, 6) is 0.000821. The summed E-state index contributed by atoms with van der Waals surface area (Å²) in [7, 11) is 1.62. The van der Waals surface area contributed by atoms with E-state index in [1.807, 2.05) is 25.1 Å². The average molecular weight is 233 g/mol. The first-order valence-electron chi connectivity index (χ1n) is 5.49. The van der Waals surface area contributed by atoms with E-state index in [0.717, 1.165) is 27.9 Å². The summed E-state index contributed by atoms with van der Waals surface area (Å²) in [4.78, 5) is 13.9. The Morgan fingerprint density at radius 3 is 2.88 bits per heavy atom. The molecule has 0 unspecified atom stereocenters. The molecule has 0 radical (unpaired) electrons. The van der Waals surface area contributed by atoms with Gasteiger partial charge in [-0.3, -0.25) is 4.79 Å². The fourth-order valence-corrected chi connectivity index (χ4v) is 2.13. The fraction of sp³-hybridized carbons (Fsp3) is 0.308. The topological polar surface area (TPSA) is 62.3 Å². The second-order valence-electron chi connectivity index (χ2n) is 4.01. The van der Waals surface area contributed by atoms with Gasteiger partial charge in [0.25, 0.3) is 0 Å². The molecule has 2 aromatic rings. The predicted molar refractivity (Wildman–Crippen MR) is 65.5 cm³/mol. The van der Waals surface area contributed by atoms with Crippen LogP contribution in [0.3, 0.4) is 0 Å². The van der Waals surface area contributed by atoms with E-state index >= 15 is 0 Å². The van der Waals surface area contributed by atoms with Gasteiger partial charge in [-0.1, -0.05) is 6.07 Å². The second-order valence-corrected chi connectivity index (χ2v) is 4.01. The van der Waals surface area contributed by atoms with Crippen LogP contribution in [0.15, 0.2) is 18.2 Å². The van der Waals surface area contributed by atoms with E-state index in [2.05, 4.69) is 4.98 Å². The van der Waals surface area contributed by atoms with Crippen LogP contribution in [-0.2, 0) is 11.2 Å². The largest absolute Gasteiger partial charge is 0.496 e. The maximum atomic E-state index is 10.7. The predicted octanol–water partition coefficient (Wildman–Crippen LogP) is 2.50. The summed E-state index contributed by atoms with van der Waals surface area (Å²) in [5.41, 5.74) is 3.02. The van der Waals surface area contributed by atoms with Crippen LogP contribution in [0.5, 0.6) is 5.75 Å². The number of hydrogen-bond donors (Lipinski definition) is 2. The zero-order valence-corrected chi connectivity index (χ0v) is 9.91. The Morgan fingerprint density at radius 1 is 1.47 bits per heavy atom. The summed E-state index contributed by atoms with van der Waals surface area (Å²) in [6, 6.07) is 5.77. The number of aromatic amines is 1. The number of ether oxygens (including phenoxy) is 1. The standard InChI is InChI=1S/C13H15NO3/c1-8-9(6-7-12(15)16)13-10(14-8)4-3-5-11(13)17-2/h3-5,14H,6-7H2,1-2H3,(H,15,16). The molecular weight excluding hydrogens is 218 g/mol. The molecular formula is C13H15NO3. The third kappa shape index (κ3) is 2.11. The Hall–Kier alpha value is -1.97. The molecule has 90 valence electrons. The number of aromatic nitrogens is 1. The van der Waals surface area contributed by atoms with Crippen molar-refractivity contribution in [1.29, 1.82) is 0 Å². The number of benzene rings is 1. The lowest BCUT2D eigenvalue weighted by molar-refractivity contribution is -0.136. The quantitative estimate of drug-likeness (QED) is 0.852. The van der Waals surface area contributed by atoms with Crippen LogP contribution in [-0.4, -0.2) is 23.2 Å². The van der Waals surface area contributed by atoms with E-state index in [4.69, 9.17) is 9.84 Å². The molecule has 0 saturated heterocycles. The normalized spacial score (nSPS) is 10.7. The minimum Gasteiger partial charge on any atom is -0.496 e. The van der Waals surface area contributed by atoms with Gasteiger partial charge in [0.15, 0.2) is 0 Å². The van der Waals surface area contributed by atoms with Crippen molar-refractivity contribution >= 4 is 16.9 Å². The number of methoxy groups -OCH3 is 1. The Labute approximate surface area is 99.2 Å². The Morgan fingerprint density at radius 2 is 2.24 bits per heavy atom. The smallest absolute Gasteiger partial charge is 0.303 e. The van der Waals surface area contributed by atoms with Gasteiger partial charge in [-0.05, 0) is 31.0 Å². The van der Waals surface area contributed by atoms with Gasteiger partial charge < -0.3 is 14.8 Å². The lowest BCUT2D eigenvalue weighted by Crippen LogP contribution is -1.98. The fourth-order valence-electron chi connectivity index (χ4n) is 2.13. The van der Waals surface area contributed by atoms with E-state index in [1.54, 1.807) is 7.11 Å². The van der Waals surface area contributed by atoms with Gasteiger partial charge >= 0.3 is 5.97 Å². The van der Waals surface area contributed by atoms with E-state index in [1.165, 1.54) is 0 Å². The summed E-state index contributed by atoms with van der Waals surface area (Å²) in [6.07, 6.45) is 0.646. The molecule has 2 N–H and O–H groups in total. The molecule has 0 fully saturated rings. The monoisotopic (exact) mass is 233 g/mol. The molecule has 0 spiro atoms. The summed E-state index contributed by atoms with van der Waals surface area (Å²) < 4.78 is 5.32. The van der Waals surface area contributed by atoms with E-state index in [-0.39, 0.29) is 6.42 Å². The molecule has 2 rings (SSSR count). The van der Waals surface area contributed by atoms with Crippen molar-refractivity contribution in [2.75, 3.05) is 7.11 Å². The number of nitrogens with one attached hydrogen (secondary N) is 1. The molecule has 1 aromatic carbocycles. The number of rotatable bonds is 4. The number of carbonyl (C=O) groups is 1. The number of hydrogen-bond acceptors (Lipinski definition) is 2. The third-order valence-corrected chi connectivity index (χ3v) is 2.91. The molecule has 0 bridgehead atoms. The Balaban J connectivity index is 2.52. The minimum absolute atomic E-state index is 0.131. The maximum Gasteiger partial charge on any atom is 0.303 e. The highest BCUT2D eigenvalue weighted by Crippen LogP contribution is 2.31. The molecule has 0 saturated carbocycles. The average Bonchev–Trinajstić information content (AvgIpc) is 2.61. The van der Waals surface area contributed by atoms with Crippen molar-refractivity contribution in [2.24, 2.45) is 0 Å². The first-order valence-corrected chi connectivity index (χ1v) is 5.49. The SMILES string of the molecule is COc1cccc2[nH]c(C)c(CCC(=O)O)c12. The molecule has 0 aliphatic carbocycles. The molecule has 0 atom stereocenters. The third-order valence-electron chi connectivity index (χ3n) is 2.91. The molecule has 0 aliphatic heterocycles. The van der Waals surface area contributed by atoms with Gasteiger partial charge in [-0.15, -0.1) is 0 Å². The zero-order valence-electron chi connectivity index (χ0n) is 9.91. The van der Waals surface area contributed by atoms with Crippen molar-refractivity contribution in [3.8, 4) is 5.75 Å². The van der Waals surface area contributed by atoms with Crippen molar-refractivity contribution in [3.63, 3.8) is 0 Å². The zero-order chi connectivity index (χ0) is 12.4. The second kappa shape index (κ2) is 4.49. The lowest BCUT2D eigenvalue weighted by atomic mass is 10.1. The van der Waals surface area contributed by atoms with Gasteiger partial charge in [0.1, 0.15) is 5.75 Å². The van der Waals surface area contributed by atoms with Gasteiger partial charge in [-0.2, -0.15) is 0 Å². The molecule has 4 heteroatoms. The van der Waals surface area contributed by atoms with E-state index in [0.29, 0.717) is 6.42 Å². The first kappa shape index (κ1) is 11.5. The van der Waals surface area contributed by atoms with Crippen LogP contribution in [0.2, 0.25) is 0 Å². The number of aliphatic carboxylic acids is 1. The molecule has 1 heterocycles. The molecule has 17 heavy (non-hydrogen) atoms. The number of carboxylic acids is 1. The molecule has 0 amide bonds. The van der Waals surface area contributed by atoms with Crippen LogP contribution in [0.4, 0.5) is 0 Å². The van der Waals surface area contributed by atoms with Crippen molar-refractivity contribution in [2.45, 2.75) is 19.8 Å². The number of H-pyrrole nitrogens is 1. The summed E-state index contributed by atoms with van der Waals surface area (Å²) in [6.45, 7) is 1.95. The van der Waals surface area contributed by atoms with Gasteiger partial charge in [0.2, 0.25) is 0 Å². The van der Waals surface area contributed by atoms with Crippen LogP contribution < -0.4 is 4.74 Å². The van der Waals surface area contributed by atoms with Crippen molar-refractivity contribution in [1.82, 2.24) is 4.98 Å².